The fraction of sp³-hybridized carbons (Fsp3) is 0.632. The van der Waals surface area contributed by atoms with Crippen molar-refractivity contribution in [3.63, 3.8) is 0 Å². The maximum Gasteiger partial charge on any atom is 0.273 e. The lowest BCUT2D eigenvalue weighted by Gasteiger charge is -2.32. The zero-order chi connectivity index (χ0) is 19.1. The molecule has 2 saturated heterocycles. The number of ether oxygens (including phenoxy) is 1. The van der Waals surface area contributed by atoms with Crippen molar-refractivity contribution in [3.05, 3.63) is 34.4 Å². The molecular formula is C19H28N4O4. The summed E-state index contributed by atoms with van der Waals surface area (Å²) in [5.74, 6) is 1.11. The number of nitrogens with one attached hydrogen (secondary N) is 2. The SMILES string of the molecule is O=C(NCC1CCCN(CCOc2cccc([N+](=O)[O-])c2)C1)C1CCCN1. The molecule has 0 radical (unpaired) electrons. The van der Waals surface area contributed by atoms with Crippen LogP contribution in [0.25, 0.3) is 0 Å². The van der Waals surface area contributed by atoms with Crippen molar-refractivity contribution < 1.29 is 14.5 Å². The number of rotatable bonds is 8. The van der Waals surface area contributed by atoms with Crippen LogP contribution in [-0.4, -0.2) is 61.1 Å². The van der Waals surface area contributed by atoms with Gasteiger partial charge in [-0.2, -0.15) is 0 Å². The summed E-state index contributed by atoms with van der Waals surface area (Å²) in [7, 11) is 0. The molecule has 148 valence electrons. The molecule has 2 N–H and O–H groups in total. The molecule has 2 aliphatic rings. The number of benzene rings is 1. The van der Waals surface area contributed by atoms with Gasteiger partial charge in [-0.15, -0.1) is 0 Å². The molecular weight excluding hydrogens is 348 g/mol. The van der Waals surface area contributed by atoms with E-state index < -0.39 is 4.92 Å². The van der Waals surface area contributed by atoms with Gasteiger partial charge in [0.05, 0.1) is 17.0 Å². The minimum atomic E-state index is -0.419. The molecule has 0 saturated carbocycles. The predicted octanol–water partition coefficient (Wildman–Crippen LogP) is 1.55. The minimum Gasteiger partial charge on any atom is -0.492 e. The number of carbonyl (C=O) groups is 1. The van der Waals surface area contributed by atoms with Gasteiger partial charge >= 0.3 is 0 Å². The van der Waals surface area contributed by atoms with Crippen LogP contribution in [0, 0.1) is 16.0 Å². The monoisotopic (exact) mass is 376 g/mol. The largest absolute Gasteiger partial charge is 0.492 e. The van der Waals surface area contributed by atoms with Crippen molar-refractivity contribution in [3.8, 4) is 5.75 Å². The van der Waals surface area contributed by atoms with E-state index in [-0.39, 0.29) is 17.6 Å². The van der Waals surface area contributed by atoms with Gasteiger partial charge in [-0.1, -0.05) is 6.07 Å². The van der Waals surface area contributed by atoms with E-state index in [1.54, 1.807) is 12.1 Å². The van der Waals surface area contributed by atoms with Crippen molar-refractivity contribution >= 4 is 11.6 Å². The van der Waals surface area contributed by atoms with E-state index in [4.69, 9.17) is 4.74 Å². The summed E-state index contributed by atoms with van der Waals surface area (Å²) in [6.07, 6.45) is 4.23. The molecule has 0 spiro atoms. The Hall–Kier alpha value is -2.19. The highest BCUT2D eigenvalue weighted by Crippen LogP contribution is 2.20. The molecule has 8 heteroatoms. The Morgan fingerprint density at radius 2 is 2.26 bits per heavy atom. The van der Waals surface area contributed by atoms with Gasteiger partial charge in [0.2, 0.25) is 5.91 Å². The average Bonchev–Trinajstić information content (AvgIpc) is 3.22. The molecule has 2 atom stereocenters. The molecule has 27 heavy (non-hydrogen) atoms. The number of carbonyl (C=O) groups excluding carboxylic acids is 1. The summed E-state index contributed by atoms with van der Waals surface area (Å²) < 4.78 is 5.68. The average molecular weight is 376 g/mol. The molecule has 1 aromatic carbocycles. The number of piperidine rings is 1. The molecule has 2 aliphatic heterocycles. The normalized spacial score (nSPS) is 23.1. The summed E-state index contributed by atoms with van der Waals surface area (Å²) in [5, 5.41) is 17.1. The summed E-state index contributed by atoms with van der Waals surface area (Å²) in [6.45, 7) is 4.88. The molecule has 0 aromatic heterocycles. The third-order valence-electron chi connectivity index (χ3n) is 5.25. The maximum absolute atomic E-state index is 12.1. The van der Waals surface area contributed by atoms with Crippen LogP contribution >= 0.6 is 0 Å². The first kappa shape index (κ1) is 19.6. The molecule has 2 unspecified atom stereocenters. The smallest absolute Gasteiger partial charge is 0.273 e. The van der Waals surface area contributed by atoms with E-state index in [0.717, 1.165) is 58.4 Å². The Balaban J connectivity index is 1.37. The fourth-order valence-corrected chi connectivity index (χ4v) is 3.78. The first-order valence-electron chi connectivity index (χ1n) is 9.72. The van der Waals surface area contributed by atoms with E-state index in [1.165, 1.54) is 12.1 Å². The van der Waals surface area contributed by atoms with Crippen LogP contribution in [0.15, 0.2) is 24.3 Å². The number of hydrogen-bond donors (Lipinski definition) is 2. The van der Waals surface area contributed by atoms with Gasteiger partial charge in [0.25, 0.3) is 5.69 Å². The van der Waals surface area contributed by atoms with Gasteiger partial charge in [0.15, 0.2) is 0 Å². The molecule has 8 nitrogen and oxygen atoms in total. The van der Waals surface area contributed by atoms with Gasteiger partial charge in [-0.3, -0.25) is 19.8 Å². The highest BCUT2D eigenvalue weighted by atomic mass is 16.6. The van der Waals surface area contributed by atoms with Crippen molar-refractivity contribution in [2.24, 2.45) is 5.92 Å². The first-order valence-corrected chi connectivity index (χ1v) is 9.72. The highest BCUT2D eigenvalue weighted by molar-refractivity contribution is 5.81. The Morgan fingerprint density at radius 1 is 1.37 bits per heavy atom. The number of non-ortho nitro benzene ring substituents is 1. The van der Waals surface area contributed by atoms with E-state index in [0.29, 0.717) is 18.3 Å². The molecule has 1 aromatic rings. The van der Waals surface area contributed by atoms with Crippen molar-refractivity contribution in [1.82, 2.24) is 15.5 Å². The quantitative estimate of drug-likeness (QED) is 0.528. The summed E-state index contributed by atoms with van der Waals surface area (Å²) in [6, 6.07) is 6.25. The second-order valence-corrected chi connectivity index (χ2v) is 7.31. The van der Waals surface area contributed by atoms with Crippen LogP contribution in [0.4, 0.5) is 5.69 Å². The fourth-order valence-electron chi connectivity index (χ4n) is 3.78. The van der Waals surface area contributed by atoms with E-state index in [2.05, 4.69) is 15.5 Å². The van der Waals surface area contributed by atoms with E-state index in [1.807, 2.05) is 0 Å². The topological polar surface area (TPSA) is 96.7 Å². The number of amides is 1. The van der Waals surface area contributed by atoms with E-state index in [9.17, 15) is 14.9 Å². The van der Waals surface area contributed by atoms with Gasteiger partial charge in [0, 0.05) is 25.7 Å². The van der Waals surface area contributed by atoms with Crippen molar-refractivity contribution in [1.29, 1.82) is 0 Å². The Morgan fingerprint density at radius 3 is 3.04 bits per heavy atom. The van der Waals surface area contributed by atoms with Crippen LogP contribution in [0.1, 0.15) is 25.7 Å². The molecule has 2 fully saturated rings. The standard InChI is InChI=1S/C19H28N4O4/c24-19(18-7-2-8-20-18)21-13-15-4-3-9-22(14-15)10-11-27-17-6-1-5-16(12-17)23(25)26/h1,5-6,12,15,18,20H,2-4,7-11,13-14H2,(H,21,24). The lowest BCUT2D eigenvalue weighted by molar-refractivity contribution is -0.384. The second-order valence-electron chi connectivity index (χ2n) is 7.31. The van der Waals surface area contributed by atoms with Crippen LogP contribution in [-0.2, 0) is 4.79 Å². The molecule has 3 rings (SSSR count). The summed E-state index contributed by atoms with van der Waals surface area (Å²) in [5.41, 5.74) is 0.0398. The predicted molar refractivity (Wildman–Crippen MR) is 102 cm³/mol. The lowest BCUT2D eigenvalue weighted by Crippen LogP contribution is -2.46. The van der Waals surface area contributed by atoms with Crippen LogP contribution in [0.2, 0.25) is 0 Å². The van der Waals surface area contributed by atoms with Gasteiger partial charge in [0.1, 0.15) is 12.4 Å². The number of hydrogen-bond acceptors (Lipinski definition) is 6. The van der Waals surface area contributed by atoms with Crippen LogP contribution < -0.4 is 15.4 Å². The lowest BCUT2D eigenvalue weighted by atomic mass is 9.98. The number of likely N-dealkylation sites (tertiary alicyclic amines) is 1. The number of nitro benzene ring substituents is 1. The van der Waals surface area contributed by atoms with Crippen molar-refractivity contribution in [2.45, 2.75) is 31.7 Å². The zero-order valence-corrected chi connectivity index (χ0v) is 15.6. The number of nitro groups is 1. The summed E-state index contributed by atoms with van der Waals surface area (Å²) in [4.78, 5) is 24.9. The maximum atomic E-state index is 12.1. The Bertz CT molecular complexity index is 648. The highest BCUT2D eigenvalue weighted by Gasteiger charge is 2.24. The second kappa shape index (κ2) is 9.66. The van der Waals surface area contributed by atoms with Crippen molar-refractivity contribution in [2.75, 3.05) is 39.3 Å². The third-order valence-corrected chi connectivity index (χ3v) is 5.25. The first-order chi connectivity index (χ1) is 13.1. The minimum absolute atomic E-state index is 0.0203. The van der Waals surface area contributed by atoms with Crippen LogP contribution in [0.3, 0.4) is 0 Å². The van der Waals surface area contributed by atoms with Gasteiger partial charge < -0.3 is 15.4 Å². The zero-order valence-electron chi connectivity index (χ0n) is 15.6. The number of nitrogens with zero attached hydrogens (tertiary/aromatic N) is 2. The Labute approximate surface area is 159 Å². The third kappa shape index (κ3) is 5.90. The molecule has 1 amide bonds. The molecule has 2 heterocycles. The van der Waals surface area contributed by atoms with E-state index >= 15 is 0 Å². The molecule has 0 aliphatic carbocycles. The molecule has 0 bridgehead atoms. The summed E-state index contributed by atoms with van der Waals surface area (Å²) >= 11 is 0. The van der Waals surface area contributed by atoms with Crippen LogP contribution in [0.5, 0.6) is 5.75 Å². The van der Waals surface area contributed by atoms with Gasteiger partial charge in [-0.05, 0) is 50.8 Å². The Kier molecular flexibility index (Phi) is 7.00. The van der Waals surface area contributed by atoms with Gasteiger partial charge in [-0.25, -0.2) is 0 Å².